The summed E-state index contributed by atoms with van der Waals surface area (Å²) in [5.41, 5.74) is 6.12. The summed E-state index contributed by atoms with van der Waals surface area (Å²) < 4.78 is 40.7. The van der Waals surface area contributed by atoms with E-state index in [-0.39, 0.29) is 17.8 Å². The molecule has 3 N–H and O–H groups in total. The van der Waals surface area contributed by atoms with Gasteiger partial charge in [0.1, 0.15) is 0 Å². The third-order valence-electron chi connectivity index (χ3n) is 2.95. The molecule has 0 aromatic heterocycles. The van der Waals surface area contributed by atoms with E-state index in [0.29, 0.717) is 5.69 Å². The summed E-state index contributed by atoms with van der Waals surface area (Å²) >= 11 is 0. The second-order valence-corrected chi connectivity index (χ2v) is 4.46. The number of halogens is 3. The predicted molar refractivity (Wildman–Crippen MR) is 62.4 cm³/mol. The number of hydrogen-bond donors (Lipinski definition) is 2. The maximum Gasteiger partial charge on any atom is 0.573 e. The Labute approximate surface area is 103 Å². The lowest BCUT2D eigenvalue weighted by Crippen LogP contribution is -2.22. The topological polar surface area (TPSA) is 47.3 Å². The maximum absolute atomic E-state index is 12.2. The Bertz CT molecular complexity index is 409. The molecule has 0 radical (unpaired) electrons. The molecule has 100 valence electrons. The molecular weight excluding hydrogens is 245 g/mol. The van der Waals surface area contributed by atoms with Crippen LogP contribution >= 0.6 is 0 Å². The van der Waals surface area contributed by atoms with E-state index < -0.39 is 6.36 Å². The minimum atomic E-state index is -4.68. The quantitative estimate of drug-likeness (QED) is 0.878. The van der Waals surface area contributed by atoms with Gasteiger partial charge in [0.25, 0.3) is 0 Å². The lowest BCUT2D eigenvalue weighted by molar-refractivity contribution is -0.274. The summed E-state index contributed by atoms with van der Waals surface area (Å²) in [6.45, 7) is 0. The van der Waals surface area contributed by atoms with Gasteiger partial charge in [-0.2, -0.15) is 0 Å². The van der Waals surface area contributed by atoms with Gasteiger partial charge in [0.05, 0.1) is 5.69 Å². The number of rotatable bonds is 3. The molecule has 0 aliphatic heterocycles. The fraction of sp³-hybridized carbons (Fsp3) is 0.500. The molecule has 3 nitrogen and oxygen atoms in total. The highest BCUT2D eigenvalue weighted by Crippen LogP contribution is 2.32. The number of ether oxygens (including phenoxy) is 1. The predicted octanol–water partition coefficient (Wildman–Crippen LogP) is 2.88. The van der Waals surface area contributed by atoms with E-state index in [9.17, 15) is 13.2 Å². The molecule has 0 heterocycles. The first-order valence-electron chi connectivity index (χ1n) is 5.81. The highest BCUT2D eigenvalue weighted by atomic mass is 19.4. The van der Waals surface area contributed by atoms with Gasteiger partial charge in [0.2, 0.25) is 0 Å². The third kappa shape index (κ3) is 3.53. The Morgan fingerprint density at radius 2 is 1.94 bits per heavy atom. The molecule has 1 fully saturated rings. The molecule has 2 rings (SSSR count). The number of hydrogen-bond acceptors (Lipinski definition) is 3. The molecule has 1 aromatic carbocycles. The van der Waals surface area contributed by atoms with Crippen LogP contribution in [0.3, 0.4) is 0 Å². The Hall–Kier alpha value is -1.43. The minimum Gasteiger partial charge on any atom is -0.404 e. The highest BCUT2D eigenvalue weighted by Gasteiger charge is 2.32. The number of benzene rings is 1. The zero-order valence-corrected chi connectivity index (χ0v) is 9.70. The van der Waals surface area contributed by atoms with E-state index in [2.05, 4.69) is 10.1 Å². The molecule has 1 aromatic rings. The van der Waals surface area contributed by atoms with Crippen LogP contribution in [0, 0.1) is 0 Å². The van der Waals surface area contributed by atoms with Crippen LogP contribution in [-0.2, 0) is 0 Å². The summed E-state index contributed by atoms with van der Waals surface area (Å²) in [4.78, 5) is 0. The van der Waals surface area contributed by atoms with Crippen LogP contribution in [0.1, 0.15) is 19.3 Å². The van der Waals surface area contributed by atoms with Gasteiger partial charge in [-0.25, -0.2) is 0 Å². The van der Waals surface area contributed by atoms with Crippen molar-refractivity contribution >= 4 is 5.69 Å². The summed E-state index contributed by atoms with van der Waals surface area (Å²) in [7, 11) is 0. The lowest BCUT2D eigenvalue weighted by Gasteiger charge is -2.18. The molecule has 0 spiro atoms. The van der Waals surface area contributed by atoms with E-state index in [4.69, 9.17) is 5.73 Å². The Morgan fingerprint density at radius 1 is 1.22 bits per heavy atom. The highest BCUT2D eigenvalue weighted by molar-refractivity contribution is 5.57. The van der Waals surface area contributed by atoms with Crippen molar-refractivity contribution in [3.05, 3.63) is 24.3 Å². The Balaban J connectivity index is 2.07. The van der Waals surface area contributed by atoms with Crippen LogP contribution < -0.4 is 15.8 Å². The zero-order chi connectivity index (χ0) is 13.2. The third-order valence-corrected chi connectivity index (χ3v) is 2.95. The van der Waals surface area contributed by atoms with Crippen molar-refractivity contribution in [1.29, 1.82) is 0 Å². The number of alkyl halides is 3. The van der Waals surface area contributed by atoms with Crippen molar-refractivity contribution in [2.24, 2.45) is 5.73 Å². The standard InChI is InChI=1S/C12H15F3N2O/c13-12(14,15)18-11-4-2-1-3-10(11)17-9-6-5-8(16)7-9/h1-4,8-9,17H,5-7,16H2. The largest absolute Gasteiger partial charge is 0.573 e. The lowest BCUT2D eigenvalue weighted by atomic mass is 10.2. The van der Waals surface area contributed by atoms with E-state index in [1.807, 2.05) is 0 Å². The first-order valence-corrected chi connectivity index (χ1v) is 5.81. The first-order chi connectivity index (χ1) is 8.44. The van der Waals surface area contributed by atoms with Gasteiger partial charge in [-0.05, 0) is 31.4 Å². The number of para-hydroxylation sites is 2. The van der Waals surface area contributed by atoms with Crippen molar-refractivity contribution in [3.63, 3.8) is 0 Å². The van der Waals surface area contributed by atoms with Gasteiger partial charge in [0, 0.05) is 12.1 Å². The summed E-state index contributed by atoms with van der Waals surface area (Å²) in [6, 6.07) is 6.28. The van der Waals surface area contributed by atoms with Gasteiger partial charge in [-0.1, -0.05) is 12.1 Å². The van der Waals surface area contributed by atoms with Gasteiger partial charge in [-0.15, -0.1) is 13.2 Å². The molecule has 0 bridgehead atoms. The number of nitrogens with one attached hydrogen (secondary N) is 1. The van der Waals surface area contributed by atoms with Crippen molar-refractivity contribution in [3.8, 4) is 5.75 Å². The van der Waals surface area contributed by atoms with Crippen molar-refractivity contribution in [2.45, 2.75) is 37.7 Å². The van der Waals surface area contributed by atoms with Crippen LogP contribution in [0.4, 0.5) is 18.9 Å². The van der Waals surface area contributed by atoms with Crippen LogP contribution in [0.15, 0.2) is 24.3 Å². The second kappa shape index (κ2) is 5.06. The van der Waals surface area contributed by atoms with E-state index in [0.717, 1.165) is 19.3 Å². The Morgan fingerprint density at radius 3 is 2.56 bits per heavy atom. The van der Waals surface area contributed by atoms with Crippen molar-refractivity contribution < 1.29 is 17.9 Å². The molecule has 0 saturated heterocycles. The monoisotopic (exact) mass is 260 g/mol. The van der Waals surface area contributed by atoms with Crippen LogP contribution in [-0.4, -0.2) is 18.4 Å². The first kappa shape index (κ1) is 13.0. The van der Waals surface area contributed by atoms with Gasteiger partial charge in [-0.3, -0.25) is 0 Å². The molecule has 18 heavy (non-hydrogen) atoms. The maximum atomic E-state index is 12.2. The number of nitrogens with two attached hydrogens (primary N) is 1. The van der Waals surface area contributed by atoms with E-state index >= 15 is 0 Å². The smallest absolute Gasteiger partial charge is 0.404 e. The summed E-state index contributed by atoms with van der Waals surface area (Å²) in [5, 5.41) is 3.06. The molecule has 1 saturated carbocycles. The van der Waals surface area contributed by atoms with Crippen molar-refractivity contribution in [2.75, 3.05) is 5.32 Å². The summed E-state index contributed by atoms with van der Waals surface area (Å²) in [6.07, 6.45) is -2.16. The van der Waals surface area contributed by atoms with Crippen LogP contribution in [0.25, 0.3) is 0 Å². The fourth-order valence-corrected chi connectivity index (χ4v) is 2.17. The molecular formula is C12H15F3N2O. The van der Waals surface area contributed by atoms with Crippen LogP contribution in [0.5, 0.6) is 5.75 Å². The van der Waals surface area contributed by atoms with Gasteiger partial charge in [0.15, 0.2) is 5.75 Å². The average Bonchev–Trinajstić information content (AvgIpc) is 2.65. The minimum absolute atomic E-state index is 0.109. The van der Waals surface area contributed by atoms with Crippen LogP contribution in [0.2, 0.25) is 0 Å². The second-order valence-electron chi connectivity index (χ2n) is 4.46. The van der Waals surface area contributed by atoms with Gasteiger partial charge >= 0.3 is 6.36 Å². The molecule has 6 heteroatoms. The fourth-order valence-electron chi connectivity index (χ4n) is 2.17. The van der Waals surface area contributed by atoms with Crippen molar-refractivity contribution in [1.82, 2.24) is 0 Å². The molecule has 1 aliphatic rings. The van der Waals surface area contributed by atoms with Gasteiger partial charge < -0.3 is 15.8 Å². The summed E-state index contributed by atoms with van der Waals surface area (Å²) in [5.74, 6) is -0.203. The number of anilines is 1. The Kier molecular flexibility index (Phi) is 3.65. The molecule has 1 aliphatic carbocycles. The van der Waals surface area contributed by atoms with E-state index in [1.54, 1.807) is 12.1 Å². The SMILES string of the molecule is NC1CCC(Nc2ccccc2OC(F)(F)F)C1. The van der Waals surface area contributed by atoms with E-state index in [1.165, 1.54) is 12.1 Å². The zero-order valence-electron chi connectivity index (χ0n) is 9.70. The normalized spacial score (nSPS) is 24.0. The molecule has 0 amide bonds. The molecule has 2 atom stereocenters. The molecule has 2 unspecified atom stereocenters. The average molecular weight is 260 g/mol.